The van der Waals surface area contributed by atoms with E-state index in [9.17, 15) is 4.79 Å². The molecule has 2 rings (SSSR count). The van der Waals surface area contributed by atoms with Gasteiger partial charge < -0.3 is 10.2 Å². The molecule has 0 bridgehead atoms. The monoisotopic (exact) mass is 256 g/mol. The summed E-state index contributed by atoms with van der Waals surface area (Å²) in [6.07, 6.45) is 3.19. The standard InChI is InChI=1S/C13H24N2OS/c1-13(2,3)15-9-11(8-12(15)16)14-10-4-6-17-7-5-10/h10-11,14H,4-9H2,1-3H3. The second kappa shape index (κ2) is 5.19. The third kappa shape index (κ3) is 3.38. The fourth-order valence-corrected chi connectivity index (χ4v) is 3.77. The van der Waals surface area contributed by atoms with Crippen LogP contribution in [-0.2, 0) is 4.79 Å². The van der Waals surface area contributed by atoms with E-state index in [0.29, 0.717) is 24.4 Å². The molecule has 0 saturated carbocycles. The molecule has 2 aliphatic heterocycles. The SMILES string of the molecule is CC(C)(C)N1CC(NC2CCSCC2)CC1=O. The van der Waals surface area contributed by atoms with Crippen LogP contribution < -0.4 is 5.32 Å². The number of likely N-dealkylation sites (tertiary alicyclic amines) is 1. The number of carbonyl (C=O) groups is 1. The molecule has 4 heteroatoms. The number of hydrogen-bond acceptors (Lipinski definition) is 3. The van der Waals surface area contributed by atoms with Crippen LogP contribution in [0, 0.1) is 0 Å². The summed E-state index contributed by atoms with van der Waals surface area (Å²) in [5.41, 5.74) is -0.0318. The maximum atomic E-state index is 12.0. The van der Waals surface area contributed by atoms with Crippen molar-refractivity contribution < 1.29 is 4.79 Å². The van der Waals surface area contributed by atoms with Crippen molar-refractivity contribution in [3.63, 3.8) is 0 Å². The summed E-state index contributed by atoms with van der Waals surface area (Å²) in [5, 5.41) is 3.67. The van der Waals surface area contributed by atoms with Crippen LogP contribution >= 0.6 is 11.8 Å². The Morgan fingerprint density at radius 3 is 2.41 bits per heavy atom. The molecule has 0 aromatic heterocycles. The average molecular weight is 256 g/mol. The third-order valence-electron chi connectivity index (χ3n) is 3.63. The maximum Gasteiger partial charge on any atom is 0.224 e. The number of nitrogens with zero attached hydrogens (tertiary/aromatic N) is 1. The number of nitrogens with one attached hydrogen (secondary N) is 1. The van der Waals surface area contributed by atoms with Gasteiger partial charge in [-0.25, -0.2) is 0 Å². The fraction of sp³-hybridized carbons (Fsp3) is 0.923. The first-order valence-corrected chi connectivity index (χ1v) is 7.76. The third-order valence-corrected chi connectivity index (χ3v) is 4.68. The van der Waals surface area contributed by atoms with Crippen LogP contribution in [0.5, 0.6) is 0 Å². The highest BCUT2D eigenvalue weighted by Crippen LogP contribution is 2.24. The van der Waals surface area contributed by atoms with E-state index in [4.69, 9.17) is 0 Å². The smallest absolute Gasteiger partial charge is 0.224 e. The van der Waals surface area contributed by atoms with Crippen LogP contribution in [-0.4, -0.2) is 46.5 Å². The molecule has 2 aliphatic rings. The largest absolute Gasteiger partial charge is 0.336 e. The predicted molar refractivity (Wildman–Crippen MR) is 73.4 cm³/mol. The highest BCUT2D eigenvalue weighted by atomic mass is 32.2. The molecule has 0 radical (unpaired) electrons. The Labute approximate surface area is 109 Å². The molecular formula is C13H24N2OS. The van der Waals surface area contributed by atoms with Crippen molar-refractivity contribution in [1.82, 2.24) is 10.2 Å². The zero-order chi connectivity index (χ0) is 12.5. The number of thioether (sulfide) groups is 1. The first-order chi connectivity index (χ1) is 7.97. The normalized spacial score (nSPS) is 27.8. The van der Waals surface area contributed by atoms with Crippen LogP contribution in [0.3, 0.4) is 0 Å². The van der Waals surface area contributed by atoms with Crippen molar-refractivity contribution in [1.29, 1.82) is 0 Å². The van der Waals surface area contributed by atoms with E-state index >= 15 is 0 Å². The number of amides is 1. The van der Waals surface area contributed by atoms with Crippen molar-refractivity contribution in [2.45, 2.75) is 57.7 Å². The molecule has 0 aromatic rings. The number of rotatable bonds is 2. The lowest BCUT2D eigenvalue weighted by molar-refractivity contribution is -0.131. The molecule has 1 unspecified atom stereocenters. The van der Waals surface area contributed by atoms with Crippen LogP contribution in [0.1, 0.15) is 40.0 Å². The van der Waals surface area contributed by atoms with E-state index in [2.05, 4.69) is 26.1 Å². The van der Waals surface area contributed by atoms with Crippen LogP contribution in [0.2, 0.25) is 0 Å². The zero-order valence-corrected chi connectivity index (χ0v) is 12.0. The first-order valence-electron chi connectivity index (χ1n) is 6.61. The van der Waals surface area contributed by atoms with Gasteiger partial charge in [-0.2, -0.15) is 11.8 Å². The minimum atomic E-state index is -0.0318. The molecule has 1 amide bonds. The summed E-state index contributed by atoms with van der Waals surface area (Å²) in [6, 6.07) is 1.00. The lowest BCUT2D eigenvalue weighted by Gasteiger charge is -2.32. The van der Waals surface area contributed by atoms with Crippen molar-refractivity contribution in [3.8, 4) is 0 Å². The molecule has 2 fully saturated rings. The Balaban J connectivity index is 1.86. The van der Waals surface area contributed by atoms with Gasteiger partial charge >= 0.3 is 0 Å². The van der Waals surface area contributed by atoms with Gasteiger partial charge in [-0.3, -0.25) is 4.79 Å². The van der Waals surface area contributed by atoms with E-state index in [-0.39, 0.29) is 5.54 Å². The minimum absolute atomic E-state index is 0.0318. The summed E-state index contributed by atoms with van der Waals surface area (Å²) < 4.78 is 0. The molecular weight excluding hydrogens is 232 g/mol. The Hall–Kier alpha value is -0.220. The van der Waals surface area contributed by atoms with E-state index in [1.807, 2.05) is 16.7 Å². The second-order valence-corrected chi connectivity index (χ2v) is 7.35. The Morgan fingerprint density at radius 1 is 1.24 bits per heavy atom. The van der Waals surface area contributed by atoms with Gasteiger partial charge in [-0.15, -0.1) is 0 Å². The molecule has 0 aromatic carbocycles. The lowest BCUT2D eigenvalue weighted by atomic mass is 10.1. The van der Waals surface area contributed by atoms with Gasteiger partial charge in [0.15, 0.2) is 0 Å². The van der Waals surface area contributed by atoms with Gasteiger partial charge in [-0.05, 0) is 45.1 Å². The molecule has 0 spiro atoms. The fourth-order valence-electron chi connectivity index (χ4n) is 2.66. The maximum absolute atomic E-state index is 12.0. The summed E-state index contributed by atoms with van der Waals surface area (Å²) in [4.78, 5) is 14.0. The topological polar surface area (TPSA) is 32.3 Å². The van der Waals surface area contributed by atoms with Gasteiger partial charge in [0.05, 0.1) is 0 Å². The highest BCUT2D eigenvalue weighted by molar-refractivity contribution is 7.99. The van der Waals surface area contributed by atoms with Crippen LogP contribution in [0.15, 0.2) is 0 Å². The first kappa shape index (κ1) is 13.2. The van der Waals surface area contributed by atoms with Gasteiger partial charge in [0.2, 0.25) is 5.91 Å². The molecule has 98 valence electrons. The van der Waals surface area contributed by atoms with E-state index in [0.717, 1.165) is 6.54 Å². The van der Waals surface area contributed by atoms with Crippen LogP contribution in [0.4, 0.5) is 0 Å². The number of hydrogen-bond donors (Lipinski definition) is 1. The summed E-state index contributed by atoms with van der Waals surface area (Å²) in [7, 11) is 0. The zero-order valence-electron chi connectivity index (χ0n) is 11.2. The predicted octanol–water partition coefficient (Wildman–Crippen LogP) is 1.87. The van der Waals surface area contributed by atoms with E-state index < -0.39 is 0 Å². The van der Waals surface area contributed by atoms with Gasteiger partial charge in [0.1, 0.15) is 0 Å². The minimum Gasteiger partial charge on any atom is -0.336 e. The molecule has 0 aliphatic carbocycles. The van der Waals surface area contributed by atoms with Gasteiger partial charge in [0, 0.05) is 30.6 Å². The van der Waals surface area contributed by atoms with E-state index in [1.54, 1.807) is 0 Å². The van der Waals surface area contributed by atoms with Crippen LogP contribution in [0.25, 0.3) is 0 Å². The lowest BCUT2D eigenvalue weighted by Crippen LogP contribution is -2.46. The average Bonchev–Trinajstić information content (AvgIpc) is 2.60. The van der Waals surface area contributed by atoms with Gasteiger partial charge in [-0.1, -0.05) is 0 Å². The Bertz CT molecular complexity index is 282. The summed E-state index contributed by atoms with van der Waals surface area (Å²) >= 11 is 2.04. The quantitative estimate of drug-likeness (QED) is 0.818. The summed E-state index contributed by atoms with van der Waals surface area (Å²) in [5.74, 6) is 2.84. The van der Waals surface area contributed by atoms with Crippen molar-refractivity contribution in [2.75, 3.05) is 18.1 Å². The molecule has 2 heterocycles. The van der Waals surface area contributed by atoms with Gasteiger partial charge in [0.25, 0.3) is 0 Å². The van der Waals surface area contributed by atoms with E-state index in [1.165, 1.54) is 24.3 Å². The Morgan fingerprint density at radius 2 is 1.88 bits per heavy atom. The van der Waals surface area contributed by atoms with Crippen molar-refractivity contribution >= 4 is 17.7 Å². The van der Waals surface area contributed by atoms with Crippen molar-refractivity contribution in [2.24, 2.45) is 0 Å². The molecule has 1 atom stereocenters. The molecule has 3 nitrogen and oxygen atoms in total. The number of carbonyl (C=O) groups excluding carboxylic acids is 1. The summed E-state index contributed by atoms with van der Waals surface area (Å²) in [6.45, 7) is 7.23. The second-order valence-electron chi connectivity index (χ2n) is 6.13. The highest BCUT2D eigenvalue weighted by Gasteiger charge is 2.36. The van der Waals surface area contributed by atoms with Crippen molar-refractivity contribution in [3.05, 3.63) is 0 Å². The molecule has 17 heavy (non-hydrogen) atoms. The Kier molecular flexibility index (Phi) is 4.03. The molecule has 1 N–H and O–H groups in total. The molecule has 2 saturated heterocycles.